The van der Waals surface area contributed by atoms with E-state index in [9.17, 15) is 0 Å². The normalized spacial score (nSPS) is 10.2. The predicted molar refractivity (Wildman–Crippen MR) is 78.5 cm³/mol. The number of nitrogens with two attached hydrogens (primary N) is 1. The minimum absolute atomic E-state index is 0.616. The number of pyridine rings is 1. The molecule has 0 radical (unpaired) electrons. The van der Waals surface area contributed by atoms with Gasteiger partial charge in [0.1, 0.15) is 5.75 Å². The van der Waals surface area contributed by atoms with Gasteiger partial charge in [0.15, 0.2) is 0 Å². The third-order valence-electron chi connectivity index (χ3n) is 2.84. The lowest BCUT2D eigenvalue weighted by molar-refractivity contribution is 0.342. The van der Waals surface area contributed by atoms with Crippen LogP contribution in [0, 0.1) is 0 Å². The number of anilines is 2. The lowest BCUT2D eigenvalue weighted by atomic mass is 10.2. The largest absolute Gasteiger partial charge is 0.492 e. The summed E-state index contributed by atoms with van der Waals surface area (Å²) < 4.78 is 5.47. The van der Waals surface area contributed by atoms with E-state index in [1.165, 1.54) is 5.56 Å². The molecule has 4 nitrogen and oxygen atoms in total. The molecule has 0 aliphatic rings. The smallest absolute Gasteiger partial charge is 0.144 e. The second-order valence-corrected chi connectivity index (χ2v) is 4.18. The van der Waals surface area contributed by atoms with Crippen molar-refractivity contribution in [1.82, 2.24) is 4.98 Å². The highest BCUT2D eigenvalue weighted by molar-refractivity contribution is 5.72. The fourth-order valence-electron chi connectivity index (χ4n) is 1.87. The summed E-state index contributed by atoms with van der Waals surface area (Å²) in [4.78, 5) is 4.00. The van der Waals surface area contributed by atoms with Gasteiger partial charge < -0.3 is 15.8 Å². The number of para-hydroxylation sites is 1. The van der Waals surface area contributed by atoms with Gasteiger partial charge >= 0.3 is 0 Å². The summed E-state index contributed by atoms with van der Waals surface area (Å²) in [6.07, 6.45) is 4.54. The Hall–Kier alpha value is -2.23. The van der Waals surface area contributed by atoms with Crippen molar-refractivity contribution >= 4 is 11.4 Å². The van der Waals surface area contributed by atoms with Crippen molar-refractivity contribution in [3.8, 4) is 5.75 Å². The molecule has 0 unspecified atom stereocenters. The van der Waals surface area contributed by atoms with Crippen molar-refractivity contribution in [3.63, 3.8) is 0 Å². The highest BCUT2D eigenvalue weighted by atomic mass is 16.5. The van der Waals surface area contributed by atoms with E-state index in [0.717, 1.165) is 24.4 Å². The molecule has 1 aromatic carbocycles. The summed E-state index contributed by atoms with van der Waals surface area (Å²) in [5.41, 5.74) is 8.89. The number of benzene rings is 1. The summed E-state index contributed by atoms with van der Waals surface area (Å²) in [6.45, 7) is 3.39. The second kappa shape index (κ2) is 6.64. The molecular formula is C15H19N3O. The van der Waals surface area contributed by atoms with Crippen LogP contribution in [-0.4, -0.2) is 18.1 Å². The fourth-order valence-corrected chi connectivity index (χ4v) is 1.87. The van der Waals surface area contributed by atoms with Gasteiger partial charge in [-0.25, -0.2) is 0 Å². The third-order valence-corrected chi connectivity index (χ3v) is 2.84. The van der Waals surface area contributed by atoms with Crippen molar-refractivity contribution in [3.05, 3.63) is 48.3 Å². The molecule has 0 saturated heterocycles. The van der Waals surface area contributed by atoms with Gasteiger partial charge in [0.2, 0.25) is 0 Å². The van der Waals surface area contributed by atoms with E-state index in [1.807, 2.05) is 37.3 Å². The maximum atomic E-state index is 6.05. The van der Waals surface area contributed by atoms with Gasteiger partial charge in [-0.05, 0) is 43.2 Å². The average molecular weight is 257 g/mol. The number of hydrogen-bond acceptors (Lipinski definition) is 4. The first kappa shape index (κ1) is 13.2. The van der Waals surface area contributed by atoms with E-state index in [-0.39, 0.29) is 0 Å². The molecule has 2 rings (SSSR count). The predicted octanol–water partition coefficient (Wildman–Crippen LogP) is 2.72. The molecule has 0 aliphatic heterocycles. The van der Waals surface area contributed by atoms with Gasteiger partial charge in [0.25, 0.3) is 0 Å². The summed E-state index contributed by atoms with van der Waals surface area (Å²) >= 11 is 0. The highest BCUT2D eigenvalue weighted by Gasteiger charge is 2.04. The van der Waals surface area contributed by atoms with Crippen molar-refractivity contribution in [2.75, 3.05) is 24.2 Å². The van der Waals surface area contributed by atoms with Crippen molar-refractivity contribution in [1.29, 1.82) is 0 Å². The summed E-state index contributed by atoms with van der Waals surface area (Å²) in [6, 6.07) is 9.82. The maximum Gasteiger partial charge on any atom is 0.144 e. The molecule has 0 aliphatic carbocycles. The van der Waals surface area contributed by atoms with Crippen molar-refractivity contribution in [2.24, 2.45) is 0 Å². The average Bonchev–Trinajstić information content (AvgIpc) is 2.44. The van der Waals surface area contributed by atoms with Gasteiger partial charge in [0, 0.05) is 18.9 Å². The SMILES string of the molecule is CCOc1cccc(NCCc2ccncc2)c1N. The van der Waals surface area contributed by atoms with Crippen LogP contribution in [0.3, 0.4) is 0 Å². The Morgan fingerprint density at radius 1 is 1.21 bits per heavy atom. The first-order chi connectivity index (χ1) is 9.31. The molecule has 2 aromatic rings. The molecule has 0 spiro atoms. The van der Waals surface area contributed by atoms with Gasteiger partial charge in [0.05, 0.1) is 18.0 Å². The highest BCUT2D eigenvalue weighted by Crippen LogP contribution is 2.29. The third kappa shape index (κ3) is 3.61. The summed E-state index contributed by atoms with van der Waals surface area (Å²) in [5, 5.41) is 3.33. The number of nitrogens with zero attached hydrogens (tertiary/aromatic N) is 1. The standard InChI is InChI=1S/C15H19N3O/c1-2-19-14-5-3-4-13(15(14)16)18-11-8-12-6-9-17-10-7-12/h3-7,9-10,18H,2,8,11,16H2,1H3. The van der Waals surface area contributed by atoms with E-state index in [1.54, 1.807) is 12.4 Å². The maximum absolute atomic E-state index is 6.05. The Morgan fingerprint density at radius 3 is 2.74 bits per heavy atom. The lowest BCUT2D eigenvalue weighted by Crippen LogP contribution is -2.08. The van der Waals surface area contributed by atoms with E-state index in [4.69, 9.17) is 10.5 Å². The van der Waals surface area contributed by atoms with E-state index < -0.39 is 0 Å². The quantitative estimate of drug-likeness (QED) is 0.781. The molecule has 1 heterocycles. The zero-order valence-electron chi connectivity index (χ0n) is 11.1. The molecule has 100 valence electrons. The Morgan fingerprint density at radius 2 is 2.00 bits per heavy atom. The monoisotopic (exact) mass is 257 g/mol. The Labute approximate surface area is 113 Å². The molecule has 0 amide bonds. The van der Waals surface area contributed by atoms with Gasteiger partial charge in [-0.3, -0.25) is 4.98 Å². The van der Waals surface area contributed by atoms with E-state index in [0.29, 0.717) is 12.3 Å². The Kier molecular flexibility index (Phi) is 4.61. The number of ether oxygens (including phenoxy) is 1. The van der Waals surface area contributed by atoms with Crippen LogP contribution in [0.5, 0.6) is 5.75 Å². The van der Waals surface area contributed by atoms with Crippen LogP contribution >= 0.6 is 0 Å². The van der Waals surface area contributed by atoms with E-state index in [2.05, 4.69) is 10.3 Å². The molecule has 0 fully saturated rings. The van der Waals surface area contributed by atoms with Crippen LogP contribution in [-0.2, 0) is 6.42 Å². The zero-order chi connectivity index (χ0) is 13.5. The number of nitrogen functional groups attached to an aromatic ring is 1. The number of aromatic nitrogens is 1. The number of rotatable bonds is 6. The molecule has 0 saturated carbocycles. The second-order valence-electron chi connectivity index (χ2n) is 4.18. The van der Waals surface area contributed by atoms with Gasteiger partial charge in [-0.2, -0.15) is 0 Å². The number of hydrogen-bond donors (Lipinski definition) is 2. The minimum Gasteiger partial charge on any atom is -0.492 e. The van der Waals surface area contributed by atoms with Crippen molar-refractivity contribution in [2.45, 2.75) is 13.3 Å². The summed E-state index contributed by atoms with van der Waals surface area (Å²) in [5.74, 6) is 0.733. The van der Waals surface area contributed by atoms with Crippen LogP contribution in [0.15, 0.2) is 42.7 Å². The molecular weight excluding hydrogens is 238 g/mol. The summed E-state index contributed by atoms with van der Waals surface area (Å²) in [7, 11) is 0. The molecule has 1 aromatic heterocycles. The molecule has 4 heteroatoms. The molecule has 19 heavy (non-hydrogen) atoms. The topological polar surface area (TPSA) is 60.2 Å². The lowest BCUT2D eigenvalue weighted by Gasteiger charge is -2.13. The minimum atomic E-state index is 0.616. The molecule has 3 N–H and O–H groups in total. The van der Waals surface area contributed by atoms with Crippen LogP contribution in [0.2, 0.25) is 0 Å². The van der Waals surface area contributed by atoms with Crippen LogP contribution < -0.4 is 15.8 Å². The number of nitrogens with one attached hydrogen (secondary N) is 1. The van der Waals surface area contributed by atoms with Gasteiger partial charge in [-0.15, -0.1) is 0 Å². The van der Waals surface area contributed by atoms with Crippen LogP contribution in [0.1, 0.15) is 12.5 Å². The first-order valence-corrected chi connectivity index (χ1v) is 6.45. The zero-order valence-corrected chi connectivity index (χ0v) is 11.1. The van der Waals surface area contributed by atoms with Crippen LogP contribution in [0.25, 0.3) is 0 Å². The molecule has 0 atom stereocenters. The van der Waals surface area contributed by atoms with Gasteiger partial charge in [-0.1, -0.05) is 6.07 Å². The fraction of sp³-hybridized carbons (Fsp3) is 0.267. The van der Waals surface area contributed by atoms with Crippen LogP contribution in [0.4, 0.5) is 11.4 Å². The Balaban J connectivity index is 1.94. The molecule has 0 bridgehead atoms. The first-order valence-electron chi connectivity index (χ1n) is 6.45. The van der Waals surface area contributed by atoms with E-state index >= 15 is 0 Å². The van der Waals surface area contributed by atoms with Crippen molar-refractivity contribution < 1.29 is 4.74 Å². The Bertz CT molecular complexity index is 514.